The van der Waals surface area contributed by atoms with E-state index in [0.29, 0.717) is 0 Å². The van der Waals surface area contributed by atoms with Gasteiger partial charge in [0.15, 0.2) is 0 Å². The van der Waals surface area contributed by atoms with E-state index in [9.17, 15) is 0 Å². The molecule has 6 N–H and O–H groups in total. The van der Waals surface area contributed by atoms with Gasteiger partial charge in [0.05, 0.1) is 0 Å². The maximum absolute atomic E-state index is 8.35. The van der Waals surface area contributed by atoms with E-state index in [1.807, 2.05) is 62.4 Å². The Morgan fingerprint density at radius 3 is 1.09 bits per heavy atom. The molecule has 0 aliphatic heterocycles. The number of para-hydroxylation sites is 2. The molecule has 6 heteroatoms. The van der Waals surface area contributed by atoms with Crippen LogP contribution in [0.1, 0.15) is 11.1 Å². The number of nitrogen functional groups attached to an aromatic ring is 2. The average molecular weight is 300 g/mol. The van der Waals surface area contributed by atoms with Gasteiger partial charge >= 0.3 is 0 Å². The SMILES string of the molecule is Cc1ccccc1N.Cc1ccccc1N.N=C=O.N=C=O. The lowest BCUT2D eigenvalue weighted by Crippen LogP contribution is -1.85. The number of hydrogen-bond donors (Lipinski definition) is 4. The molecule has 0 amide bonds. The smallest absolute Gasteiger partial charge is 0.231 e. The van der Waals surface area contributed by atoms with E-state index in [-0.39, 0.29) is 0 Å². The van der Waals surface area contributed by atoms with E-state index in [0.717, 1.165) is 34.7 Å². The van der Waals surface area contributed by atoms with Crippen LogP contribution >= 0.6 is 0 Å². The van der Waals surface area contributed by atoms with Gasteiger partial charge in [0, 0.05) is 11.4 Å². The Morgan fingerprint density at radius 1 is 0.727 bits per heavy atom. The number of carbonyl (C=O) groups excluding carboxylic acids is 2. The lowest BCUT2D eigenvalue weighted by atomic mass is 10.2. The van der Waals surface area contributed by atoms with Gasteiger partial charge in [0.2, 0.25) is 12.2 Å². The van der Waals surface area contributed by atoms with Crippen molar-refractivity contribution < 1.29 is 9.59 Å². The lowest BCUT2D eigenvalue weighted by Gasteiger charge is -1.93. The monoisotopic (exact) mass is 300 g/mol. The van der Waals surface area contributed by atoms with Crippen molar-refractivity contribution in [3.05, 3.63) is 59.7 Å². The Hall–Kier alpha value is -3.20. The fourth-order valence-corrected chi connectivity index (χ4v) is 1.17. The first-order chi connectivity index (χ1) is 10.4. The van der Waals surface area contributed by atoms with Crippen LogP contribution in [0.4, 0.5) is 11.4 Å². The van der Waals surface area contributed by atoms with Crippen molar-refractivity contribution in [1.82, 2.24) is 0 Å². The van der Waals surface area contributed by atoms with Crippen LogP contribution in [0.25, 0.3) is 0 Å². The Balaban J connectivity index is 0. The topological polar surface area (TPSA) is 134 Å². The summed E-state index contributed by atoms with van der Waals surface area (Å²) in [5.41, 5.74) is 15.1. The molecule has 2 aromatic rings. The second-order valence-corrected chi connectivity index (χ2v) is 3.92. The van der Waals surface area contributed by atoms with E-state index in [1.54, 1.807) is 0 Å². The normalized spacial score (nSPS) is 7.36. The molecule has 0 aliphatic rings. The molecule has 0 heterocycles. The fraction of sp³-hybridized carbons (Fsp3) is 0.125. The number of nitrogens with two attached hydrogens (primary N) is 2. The first-order valence-electron chi connectivity index (χ1n) is 6.14. The zero-order chi connectivity index (χ0) is 17.4. The molecule has 116 valence electrons. The summed E-state index contributed by atoms with van der Waals surface area (Å²) in [6.07, 6.45) is 1.50. The quantitative estimate of drug-likeness (QED) is 0.338. The van der Waals surface area contributed by atoms with Crippen LogP contribution in [0.2, 0.25) is 0 Å². The zero-order valence-electron chi connectivity index (χ0n) is 12.6. The molecule has 0 radical (unpaired) electrons. The molecular weight excluding hydrogens is 280 g/mol. The highest BCUT2D eigenvalue weighted by Gasteiger charge is 1.85. The van der Waals surface area contributed by atoms with Crippen molar-refractivity contribution >= 4 is 23.5 Å². The third-order valence-corrected chi connectivity index (χ3v) is 2.38. The average Bonchev–Trinajstić information content (AvgIpc) is 2.48. The zero-order valence-corrected chi connectivity index (χ0v) is 12.6. The van der Waals surface area contributed by atoms with Crippen LogP contribution in [-0.4, -0.2) is 12.2 Å². The highest BCUT2D eigenvalue weighted by Crippen LogP contribution is 2.07. The van der Waals surface area contributed by atoms with Gasteiger partial charge in [-0.05, 0) is 37.1 Å². The van der Waals surface area contributed by atoms with Crippen molar-refractivity contribution in [1.29, 1.82) is 10.8 Å². The van der Waals surface area contributed by atoms with Crippen LogP contribution in [0.3, 0.4) is 0 Å². The minimum atomic E-state index is 0.750. The Labute approximate surface area is 129 Å². The predicted octanol–water partition coefficient (Wildman–Crippen LogP) is 2.96. The maximum Gasteiger partial charge on any atom is 0.231 e. The molecular formula is C16H20N4O2. The van der Waals surface area contributed by atoms with Crippen molar-refractivity contribution in [3.8, 4) is 0 Å². The fourth-order valence-electron chi connectivity index (χ4n) is 1.17. The second-order valence-electron chi connectivity index (χ2n) is 3.92. The van der Waals surface area contributed by atoms with E-state index in [4.69, 9.17) is 31.9 Å². The summed E-state index contributed by atoms with van der Waals surface area (Å²) >= 11 is 0. The van der Waals surface area contributed by atoms with E-state index >= 15 is 0 Å². The van der Waals surface area contributed by atoms with Crippen LogP contribution in [0.15, 0.2) is 48.5 Å². The molecule has 0 saturated carbocycles. The molecule has 0 bridgehead atoms. The molecule has 0 unspecified atom stereocenters. The summed E-state index contributed by atoms with van der Waals surface area (Å²) in [4.78, 5) is 16.7. The van der Waals surface area contributed by atoms with E-state index < -0.39 is 0 Å². The molecule has 0 aromatic heterocycles. The molecule has 0 spiro atoms. The van der Waals surface area contributed by atoms with E-state index in [2.05, 4.69) is 0 Å². The predicted molar refractivity (Wildman–Crippen MR) is 88.0 cm³/mol. The summed E-state index contributed by atoms with van der Waals surface area (Å²) in [5.74, 6) is 0. The minimum Gasteiger partial charge on any atom is -0.399 e. The van der Waals surface area contributed by atoms with Gasteiger partial charge in [-0.1, -0.05) is 36.4 Å². The largest absolute Gasteiger partial charge is 0.399 e. The summed E-state index contributed by atoms with van der Waals surface area (Å²) in [6.45, 7) is 3.99. The third-order valence-electron chi connectivity index (χ3n) is 2.38. The summed E-state index contributed by atoms with van der Waals surface area (Å²) < 4.78 is 0. The van der Waals surface area contributed by atoms with Crippen molar-refractivity contribution in [2.24, 2.45) is 0 Å². The number of rotatable bonds is 0. The highest BCUT2D eigenvalue weighted by atomic mass is 16.1. The highest BCUT2D eigenvalue weighted by molar-refractivity contribution is 5.45. The van der Waals surface area contributed by atoms with Gasteiger partial charge in [-0.25, -0.2) is 20.4 Å². The van der Waals surface area contributed by atoms with Crippen molar-refractivity contribution in [2.75, 3.05) is 11.5 Å². The van der Waals surface area contributed by atoms with Crippen LogP contribution < -0.4 is 11.5 Å². The lowest BCUT2D eigenvalue weighted by molar-refractivity contribution is 0.562. The molecule has 0 atom stereocenters. The van der Waals surface area contributed by atoms with Gasteiger partial charge in [0.25, 0.3) is 0 Å². The molecule has 0 fully saturated rings. The number of nitrogens with one attached hydrogen (secondary N) is 2. The summed E-state index contributed by atoms with van der Waals surface area (Å²) in [7, 11) is 0. The number of hydrogen-bond acceptors (Lipinski definition) is 6. The minimum absolute atomic E-state index is 0.750. The van der Waals surface area contributed by atoms with E-state index in [1.165, 1.54) is 0 Å². The van der Waals surface area contributed by atoms with Gasteiger partial charge in [-0.3, -0.25) is 0 Å². The molecule has 2 aromatic carbocycles. The van der Waals surface area contributed by atoms with Gasteiger partial charge in [0.1, 0.15) is 0 Å². The molecule has 2 rings (SSSR count). The van der Waals surface area contributed by atoms with Gasteiger partial charge in [-0.15, -0.1) is 0 Å². The first kappa shape index (κ1) is 21.1. The van der Waals surface area contributed by atoms with Crippen molar-refractivity contribution in [2.45, 2.75) is 13.8 Å². The van der Waals surface area contributed by atoms with Gasteiger partial charge < -0.3 is 11.5 Å². The number of anilines is 2. The van der Waals surface area contributed by atoms with Crippen molar-refractivity contribution in [3.63, 3.8) is 0 Å². The number of benzene rings is 2. The Morgan fingerprint density at radius 2 is 0.955 bits per heavy atom. The number of aryl methyl sites for hydroxylation is 2. The van der Waals surface area contributed by atoms with Crippen LogP contribution in [0.5, 0.6) is 0 Å². The first-order valence-corrected chi connectivity index (χ1v) is 6.14. The third kappa shape index (κ3) is 11.9. The molecule has 0 saturated heterocycles. The van der Waals surface area contributed by atoms with Gasteiger partial charge in [-0.2, -0.15) is 0 Å². The Kier molecular flexibility index (Phi) is 13.6. The second kappa shape index (κ2) is 14.2. The summed E-state index contributed by atoms with van der Waals surface area (Å²) in [5, 5.41) is 10.8. The maximum atomic E-state index is 8.35. The van der Waals surface area contributed by atoms with Crippen LogP contribution in [-0.2, 0) is 9.59 Å². The molecule has 6 nitrogen and oxygen atoms in total. The molecule has 22 heavy (non-hydrogen) atoms. The van der Waals surface area contributed by atoms with Crippen LogP contribution in [0, 0.1) is 24.7 Å². The standard InChI is InChI=1S/2C7H9N.2CHNO/c2*1-6-4-2-3-5-7(6)8;2*2-1-3/h2*2-5H,8H2,1H3;2*2H. The molecule has 0 aliphatic carbocycles. The summed E-state index contributed by atoms with van der Waals surface area (Å²) in [6, 6.07) is 15.6. The Bertz CT molecular complexity index is 518. The number of isocyanates is 2.